The molecule has 0 spiro atoms. The maximum Gasteiger partial charge on any atom is 0.222 e. The van der Waals surface area contributed by atoms with Crippen molar-refractivity contribution in [2.24, 2.45) is 0 Å². The zero-order valence-electron chi connectivity index (χ0n) is 14.4. The Morgan fingerprint density at radius 1 is 1.29 bits per heavy atom. The fraction of sp³-hybridized carbons (Fsp3) is 0.444. The molecule has 0 aliphatic carbocycles. The van der Waals surface area contributed by atoms with Crippen LogP contribution in [0.5, 0.6) is 0 Å². The molecule has 0 bridgehead atoms. The van der Waals surface area contributed by atoms with Crippen LogP contribution in [0.25, 0.3) is 11.4 Å². The predicted octanol–water partition coefficient (Wildman–Crippen LogP) is 2.58. The van der Waals surface area contributed by atoms with E-state index in [1.165, 1.54) is 0 Å². The topological polar surface area (TPSA) is 71.0 Å². The number of nitrogens with zero attached hydrogens (tertiary/aromatic N) is 4. The molecule has 1 amide bonds. The number of amides is 1. The molecule has 1 unspecified atom stereocenters. The van der Waals surface area contributed by atoms with Crippen LogP contribution in [-0.4, -0.2) is 44.9 Å². The molecule has 6 nitrogen and oxygen atoms in total. The van der Waals surface area contributed by atoms with Crippen LogP contribution in [0.15, 0.2) is 24.5 Å². The van der Waals surface area contributed by atoms with Gasteiger partial charge < -0.3 is 10.2 Å². The zero-order chi connectivity index (χ0) is 17.1. The van der Waals surface area contributed by atoms with Gasteiger partial charge in [0, 0.05) is 54.8 Å². The lowest BCUT2D eigenvalue weighted by atomic mass is 10.2. The van der Waals surface area contributed by atoms with Crippen LogP contribution >= 0.6 is 0 Å². The van der Waals surface area contributed by atoms with Gasteiger partial charge in [-0.3, -0.25) is 9.78 Å². The van der Waals surface area contributed by atoms with Crippen molar-refractivity contribution in [2.45, 2.75) is 39.7 Å². The first-order valence-corrected chi connectivity index (χ1v) is 8.38. The van der Waals surface area contributed by atoms with Gasteiger partial charge in [-0.1, -0.05) is 6.92 Å². The Bertz CT molecular complexity index is 732. The van der Waals surface area contributed by atoms with E-state index in [2.05, 4.69) is 15.3 Å². The predicted molar refractivity (Wildman–Crippen MR) is 93.6 cm³/mol. The highest BCUT2D eigenvalue weighted by molar-refractivity contribution is 5.76. The summed E-state index contributed by atoms with van der Waals surface area (Å²) in [6.45, 7) is 7.47. The van der Waals surface area contributed by atoms with Gasteiger partial charge in [-0.15, -0.1) is 0 Å². The molecule has 1 atom stereocenters. The highest BCUT2D eigenvalue weighted by Crippen LogP contribution is 2.23. The summed E-state index contributed by atoms with van der Waals surface area (Å²) in [5.74, 6) is 1.76. The first-order chi connectivity index (χ1) is 11.6. The number of nitrogens with one attached hydrogen (secondary N) is 1. The quantitative estimate of drug-likeness (QED) is 0.935. The molecule has 1 saturated heterocycles. The summed E-state index contributed by atoms with van der Waals surface area (Å²) in [6, 6.07) is 4.05. The van der Waals surface area contributed by atoms with Crippen molar-refractivity contribution in [3.05, 3.63) is 35.8 Å². The van der Waals surface area contributed by atoms with E-state index in [0.29, 0.717) is 12.2 Å². The molecule has 126 valence electrons. The van der Waals surface area contributed by atoms with Gasteiger partial charge in [-0.2, -0.15) is 0 Å². The third-order valence-corrected chi connectivity index (χ3v) is 4.51. The Labute approximate surface area is 142 Å². The Morgan fingerprint density at radius 3 is 2.75 bits per heavy atom. The molecular weight excluding hydrogens is 302 g/mol. The van der Waals surface area contributed by atoms with Gasteiger partial charge in [-0.25, -0.2) is 9.97 Å². The Kier molecular flexibility index (Phi) is 4.74. The van der Waals surface area contributed by atoms with E-state index in [-0.39, 0.29) is 11.9 Å². The molecule has 1 fully saturated rings. The van der Waals surface area contributed by atoms with Gasteiger partial charge in [0.15, 0.2) is 5.82 Å². The van der Waals surface area contributed by atoms with Crippen LogP contribution in [0.1, 0.15) is 31.0 Å². The number of hydrogen-bond donors (Lipinski definition) is 1. The van der Waals surface area contributed by atoms with Gasteiger partial charge >= 0.3 is 0 Å². The van der Waals surface area contributed by atoms with E-state index in [0.717, 1.165) is 42.1 Å². The molecule has 24 heavy (non-hydrogen) atoms. The second kappa shape index (κ2) is 6.95. The van der Waals surface area contributed by atoms with Gasteiger partial charge in [0.05, 0.1) is 0 Å². The highest BCUT2D eigenvalue weighted by Gasteiger charge is 2.26. The minimum absolute atomic E-state index is 0.215. The van der Waals surface area contributed by atoms with E-state index in [1.807, 2.05) is 37.8 Å². The Balaban J connectivity index is 1.81. The standard InChI is InChI=1S/C18H23N5O/c1-4-16(24)23-10-7-15(11-23)21-17-12(2)13(3)20-18(22-17)14-5-8-19-9-6-14/h5-6,8-9,15H,4,7,10-11H2,1-3H3,(H,20,21,22). The largest absolute Gasteiger partial charge is 0.365 e. The average Bonchev–Trinajstić information content (AvgIpc) is 3.07. The van der Waals surface area contributed by atoms with Crippen LogP contribution in [0.2, 0.25) is 0 Å². The van der Waals surface area contributed by atoms with Gasteiger partial charge in [0.25, 0.3) is 0 Å². The monoisotopic (exact) mass is 325 g/mol. The molecular formula is C18H23N5O. The number of rotatable bonds is 4. The van der Waals surface area contributed by atoms with Crippen molar-refractivity contribution in [2.75, 3.05) is 18.4 Å². The first-order valence-electron chi connectivity index (χ1n) is 8.38. The minimum Gasteiger partial charge on any atom is -0.365 e. The van der Waals surface area contributed by atoms with Crippen LogP contribution in [-0.2, 0) is 4.79 Å². The first kappa shape index (κ1) is 16.4. The third-order valence-electron chi connectivity index (χ3n) is 4.51. The maximum absolute atomic E-state index is 11.8. The SMILES string of the molecule is CCC(=O)N1CCC(Nc2nc(-c3ccncc3)nc(C)c2C)C1. The molecule has 6 heteroatoms. The molecule has 1 aliphatic rings. The molecule has 1 aliphatic heterocycles. The van der Waals surface area contributed by atoms with Crippen LogP contribution in [0, 0.1) is 13.8 Å². The van der Waals surface area contributed by atoms with Gasteiger partial charge in [0.2, 0.25) is 5.91 Å². The fourth-order valence-corrected chi connectivity index (χ4v) is 2.92. The van der Waals surface area contributed by atoms with Crippen molar-refractivity contribution in [1.82, 2.24) is 19.9 Å². The lowest BCUT2D eigenvalue weighted by Crippen LogP contribution is -2.31. The van der Waals surface area contributed by atoms with E-state index in [9.17, 15) is 4.79 Å². The Morgan fingerprint density at radius 2 is 2.04 bits per heavy atom. The average molecular weight is 325 g/mol. The lowest BCUT2D eigenvalue weighted by Gasteiger charge is -2.18. The van der Waals surface area contributed by atoms with Crippen LogP contribution in [0.4, 0.5) is 5.82 Å². The number of carbonyl (C=O) groups is 1. The summed E-state index contributed by atoms with van der Waals surface area (Å²) in [5, 5.41) is 3.51. The fourth-order valence-electron chi connectivity index (χ4n) is 2.92. The molecule has 0 aromatic carbocycles. The molecule has 0 radical (unpaired) electrons. The number of aromatic nitrogens is 3. The number of hydrogen-bond acceptors (Lipinski definition) is 5. The van der Waals surface area contributed by atoms with Crippen molar-refractivity contribution >= 4 is 11.7 Å². The third kappa shape index (κ3) is 3.37. The summed E-state index contributed by atoms with van der Waals surface area (Å²) < 4.78 is 0. The molecule has 0 saturated carbocycles. The summed E-state index contributed by atoms with van der Waals surface area (Å²) >= 11 is 0. The second-order valence-corrected chi connectivity index (χ2v) is 6.17. The summed E-state index contributed by atoms with van der Waals surface area (Å²) in [6.07, 6.45) is 4.99. The van der Waals surface area contributed by atoms with Gasteiger partial charge in [0.1, 0.15) is 5.82 Å². The number of likely N-dealkylation sites (tertiary alicyclic amines) is 1. The molecule has 2 aromatic heterocycles. The van der Waals surface area contributed by atoms with Gasteiger partial charge in [-0.05, 0) is 32.4 Å². The van der Waals surface area contributed by atoms with Crippen molar-refractivity contribution in [3.8, 4) is 11.4 Å². The Hall–Kier alpha value is -2.50. The lowest BCUT2D eigenvalue weighted by molar-refractivity contribution is -0.129. The van der Waals surface area contributed by atoms with E-state index < -0.39 is 0 Å². The number of carbonyl (C=O) groups excluding carboxylic acids is 1. The molecule has 2 aromatic rings. The zero-order valence-corrected chi connectivity index (χ0v) is 14.4. The van der Waals surface area contributed by atoms with E-state index in [4.69, 9.17) is 4.98 Å². The molecule has 3 rings (SSSR count). The second-order valence-electron chi connectivity index (χ2n) is 6.17. The minimum atomic E-state index is 0.215. The smallest absolute Gasteiger partial charge is 0.222 e. The van der Waals surface area contributed by atoms with Crippen LogP contribution < -0.4 is 5.32 Å². The maximum atomic E-state index is 11.8. The number of aryl methyl sites for hydroxylation is 1. The van der Waals surface area contributed by atoms with Crippen LogP contribution in [0.3, 0.4) is 0 Å². The van der Waals surface area contributed by atoms with Crippen molar-refractivity contribution in [3.63, 3.8) is 0 Å². The molecule has 3 heterocycles. The summed E-state index contributed by atoms with van der Waals surface area (Å²) in [7, 11) is 0. The van der Waals surface area contributed by atoms with Crippen molar-refractivity contribution in [1.29, 1.82) is 0 Å². The van der Waals surface area contributed by atoms with E-state index >= 15 is 0 Å². The molecule has 1 N–H and O–H groups in total. The summed E-state index contributed by atoms with van der Waals surface area (Å²) in [4.78, 5) is 27.1. The normalized spacial score (nSPS) is 17.1. The number of pyridine rings is 1. The highest BCUT2D eigenvalue weighted by atomic mass is 16.2. The number of anilines is 1. The summed E-state index contributed by atoms with van der Waals surface area (Å²) in [5.41, 5.74) is 2.96. The van der Waals surface area contributed by atoms with E-state index in [1.54, 1.807) is 12.4 Å². The van der Waals surface area contributed by atoms with Crippen molar-refractivity contribution < 1.29 is 4.79 Å².